The maximum atomic E-state index is 12.4. The van der Waals surface area contributed by atoms with Gasteiger partial charge in [-0.15, -0.1) is 10.2 Å². The Balaban J connectivity index is 1.76. The topological polar surface area (TPSA) is 97.9 Å². The third kappa shape index (κ3) is 3.12. The molecule has 2 aromatic rings. The van der Waals surface area contributed by atoms with Crippen LogP contribution >= 0.6 is 0 Å². The van der Waals surface area contributed by atoms with Gasteiger partial charge in [-0.05, 0) is 13.8 Å². The van der Waals surface area contributed by atoms with Crippen LogP contribution in [0.3, 0.4) is 0 Å². The summed E-state index contributed by atoms with van der Waals surface area (Å²) in [5, 5.41) is 14.8. The summed E-state index contributed by atoms with van der Waals surface area (Å²) in [6.07, 6.45) is 1.50. The number of nitrogens with zero attached hydrogens (tertiary/aromatic N) is 4. The summed E-state index contributed by atoms with van der Waals surface area (Å²) in [6.45, 7) is 8.20. The van der Waals surface area contributed by atoms with E-state index in [0.717, 1.165) is 37.7 Å². The van der Waals surface area contributed by atoms with Crippen LogP contribution in [0.4, 0.5) is 0 Å². The van der Waals surface area contributed by atoms with Crippen molar-refractivity contribution in [1.29, 1.82) is 0 Å². The Kier molecular flexibility index (Phi) is 4.42. The lowest BCUT2D eigenvalue weighted by Gasteiger charge is -2.14. The summed E-state index contributed by atoms with van der Waals surface area (Å²) in [7, 11) is 0. The molecule has 1 aliphatic rings. The van der Waals surface area contributed by atoms with Gasteiger partial charge >= 0.3 is 0 Å². The zero-order chi connectivity index (χ0) is 16.4. The van der Waals surface area contributed by atoms with E-state index in [1.165, 1.54) is 0 Å². The minimum atomic E-state index is -0.272. The number of aromatic nitrogens is 4. The number of carbonyl (C=O) groups is 1. The Hall–Kier alpha value is -2.22. The van der Waals surface area contributed by atoms with Crippen LogP contribution in [-0.4, -0.2) is 38.7 Å². The second-order valence-electron chi connectivity index (χ2n) is 5.70. The van der Waals surface area contributed by atoms with Crippen molar-refractivity contribution >= 4 is 5.91 Å². The first-order valence-electron chi connectivity index (χ1n) is 8.00. The Morgan fingerprint density at radius 2 is 2.26 bits per heavy atom. The minimum absolute atomic E-state index is 0.253. The summed E-state index contributed by atoms with van der Waals surface area (Å²) in [5.41, 5.74) is 0.607. The zero-order valence-corrected chi connectivity index (χ0v) is 13.7. The van der Waals surface area contributed by atoms with E-state index in [9.17, 15) is 4.79 Å². The number of nitrogens with one attached hydrogen (secondary N) is 2. The molecule has 8 heteroatoms. The minimum Gasteiger partial charge on any atom is -0.435 e. The van der Waals surface area contributed by atoms with Crippen molar-refractivity contribution in [2.24, 2.45) is 0 Å². The summed E-state index contributed by atoms with van der Waals surface area (Å²) in [4.78, 5) is 16.7. The Morgan fingerprint density at radius 1 is 1.43 bits per heavy atom. The molecule has 1 amide bonds. The lowest BCUT2D eigenvalue weighted by Crippen LogP contribution is -2.29. The van der Waals surface area contributed by atoms with Crippen molar-refractivity contribution in [3.8, 4) is 0 Å². The van der Waals surface area contributed by atoms with Crippen LogP contribution in [0.25, 0.3) is 0 Å². The van der Waals surface area contributed by atoms with E-state index in [1.807, 2.05) is 13.8 Å². The fraction of sp³-hybridized carbons (Fsp3) is 0.600. The highest BCUT2D eigenvalue weighted by molar-refractivity contribution is 5.92. The Bertz CT molecular complexity index is 705. The third-order valence-corrected chi connectivity index (χ3v) is 3.98. The smallest absolute Gasteiger partial charge is 0.289 e. The maximum absolute atomic E-state index is 12.4. The van der Waals surface area contributed by atoms with Gasteiger partial charge in [0, 0.05) is 32.5 Å². The van der Waals surface area contributed by atoms with E-state index in [1.54, 1.807) is 6.92 Å². The molecule has 2 N–H and O–H groups in total. The van der Waals surface area contributed by atoms with E-state index >= 15 is 0 Å². The molecule has 0 radical (unpaired) electrons. The van der Waals surface area contributed by atoms with E-state index in [0.29, 0.717) is 18.0 Å². The van der Waals surface area contributed by atoms with Crippen LogP contribution in [0.5, 0.6) is 0 Å². The Labute approximate surface area is 134 Å². The second-order valence-corrected chi connectivity index (χ2v) is 5.70. The molecule has 3 rings (SSSR count). The second kappa shape index (κ2) is 6.49. The molecular formula is C15H22N6O2. The van der Waals surface area contributed by atoms with Gasteiger partial charge in [-0.25, -0.2) is 4.98 Å². The predicted octanol–water partition coefficient (Wildman–Crippen LogP) is 0.774. The van der Waals surface area contributed by atoms with Gasteiger partial charge in [0.25, 0.3) is 5.91 Å². The normalized spacial score (nSPS) is 15.8. The highest BCUT2D eigenvalue weighted by Gasteiger charge is 2.23. The quantitative estimate of drug-likeness (QED) is 0.864. The number of carbonyl (C=O) groups excluding carboxylic acids is 1. The van der Waals surface area contributed by atoms with Crippen molar-refractivity contribution < 1.29 is 9.21 Å². The first kappa shape index (κ1) is 15.7. The zero-order valence-electron chi connectivity index (χ0n) is 13.7. The van der Waals surface area contributed by atoms with Crippen LogP contribution < -0.4 is 10.6 Å². The molecule has 8 nitrogen and oxygen atoms in total. The van der Waals surface area contributed by atoms with Crippen molar-refractivity contribution in [2.45, 2.75) is 46.2 Å². The largest absolute Gasteiger partial charge is 0.435 e. The van der Waals surface area contributed by atoms with Gasteiger partial charge in [-0.2, -0.15) is 0 Å². The Morgan fingerprint density at radius 3 is 3.00 bits per heavy atom. The van der Waals surface area contributed by atoms with Gasteiger partial charge in [-0.1, -0.05) is 6.92 Å². The van der Waals surface area contributed by atoms with Crippen LogP contribution in [0.1, 0.15) is 53.7 Å². The molecule has 1 atom stereocenters. The van der Waals surface area contributed by atoms with Gasteiger partial charge in [0.2, 0.25) is 5.76 Å². The number of rotatable bonds is 4. The fourth-order valence-electron chi connectivity index (χ4n) is 2.76. The van der Waals surface area contributed by atoms with E-state index in [4.69, 9.17) is 4.42 Å². The molecule has 0 saturated carbocycles. The van der Waals surface area contributed by atoms with Gasteiger partial charge in [0.1, 0.15) is 5.82 Å². The van der Waals surface area contributed by atoms with Gasteiger partial charge in [0.05, 0.1) is 11.7 Å². The average Bonchev–Trinajstić information content (AvgIpc) is 3.03. The number of aryl methyl sites for hydroxylation is 2. The molecule has 0 bridgehead atoms. The molecule has 23 heavy (non-hydrogen) atoms. The average molecular weight is 318 g/mol. The molecule has 0 saturated heterocycles. The van der Waals surface area contributed by atoms with Crippen LogP contribution in [-0.2, 0) is 19.4 Å². The molecule has 3 heterocycles. The predicted molar refractivity (Wildman–Crippen MR) is 83.1 cm³/mol. The van der Waals surface area contributed by atoms with Crippen molar-refractivity contribution in [1.82, 2.24) is 30.4 Å². The molecule has 124 valence electrons. The third-order valence-electron chi connectivity index (χ3n) is 3.98. The molecule has 0 spiro atoms. The summed E-state index contributed by atoms with van der Waals surface area (Å²) in [6, 6.07) is -0.253. The highest BCUT2D eigenvalue weighted by atomic mass is 16.4. The molecule has 1 aliphatic heterocycles. The standard InChI is InChI=1S/C15H22N6O2/c1-4-12-17-9(2)13(23-12)15(22)18-10(3)14-20-19-11-5-6-16-7-8-21(11)14/h10,16H,4-8H2,1-3H3,(H,18,22). The first-order valence-corrected chi connectivity index (χ1v) is 8.00. The highest BCUT2D eigenvalue weighted by Crippen LogP contribution is 2.16. The SMILES string of the molecule is CCc1nc(C)c(C(=O)NC(C)c2nnc3n2CCNCC3)o1. The van der Waals surface area contributed by atoms with Crippen LogP contribution in [0, 0.1) is 6.92 Å². The van der Waals surface area contributed by atoms with E-state index < -0.39 is 0 Å². The van der Waals surface area contributed by atoms with Crippen LogP contribution in [0.15, 0.2) is 4.42 Å². The number of hydrogen-bond donors (Lipinski definition) is 2. The molecule has 0 aliphatic carbocycles. The van der Waals surface area contributed by atoms with Gasteiger partial charge in [0.15, 0.2) is 11.7 Å². The van der Waals surface area contributed by atoms with Crippen molar-refractivity contribution in [3.05, 3.63) is 29.0 Å². The fourth-order valence-corrected chi connectivity index (χ4v) is 2.76. The van der Waals surface area contributed by atoms with Gasteiger partial charge < -0.3 is 19.6 Å². The number of fused-ring (bicyclic) bond motifs is 1. The molecular weight excluding hydrogens is 296 g/mol. The monoisotopic (exact) mass is 318 g/mol. The van der Waals surface area contributed by atoms with Crippen molar-refractivity contribution in [2.75, 3.05) is 13.1 Å². The van der Waals surface area contributed by atoms with E-state index in [2.05, 4.69) is 30.4 Å². The lowest BCUT2D eigenvalue weighted by atomic mass is 10.2. The number of oxazole rings is 1. The summed E-state index contributed by atoms with van der Waals surface area (Å²) < 4.78 is 7.58. The number of amides is 1. The molecule has 0 fully saturated rings. The molecule has 0 aromatic carbocycles. The van der Waals surface area contributed by atoms with Crippen molar-refractivity contribution in [3.63, 3.8) is 0 Å². The summed E-state index contributed by atoms with van der Waals surface area (Å²) >= 11 is 0. The maximum Gasteiger partial charge on any atom is 0.289 e. The number of hydrogen-bond acceptors (Lipinski definition) is 6. The molecule has 2 aromatic heterocycles. The lowest BCUT2D eigenvalue weighted by molar-refractivity contribution is 0.0907. The first-order chi connectivity index (χ1) is 11.1. The van der Waals surface area contributed by atoms with Crippen LogP contribution in [0.2, 0.25) is 0 Å². The van der Waals surface area contributed by atoms with E-state index in [-0.39, 0.29) is 17.7 Å². The molecule has 1 unspecified atom stereocenters. The van der Waals surface area contributed by atoms with Gasteiger partial charge in [-0.3, -0.25) is 4.79 Å². The summed E-state index contributed by atoms with van der Waals surface area (Å²) in [5.74, 6) is 2.29.